The van der Waals surface area contributed by atoms with E-state index in [9.17, 15) is 5.11 Å². The maximum atomic E-state index is 10.7. The third-order valence-electron chi connectivity index (χ3n) is 4.42. The predicted molar refractivity (Wildman–Crippen MR) is 94.2 cm³/mol. The summed E-state index contributed by atoms with van der Waals surface area (Å²) in [6.45, 7) is 5.58. The van der Waals surface area contributed by atoms with Gasteiger partial charge in [0.25, 0.3) is 0 Å². The number of piperazine rings is 1. The molecular weight excluding hydrogens is 308 g/mol. The molecule has 2 aromatic rings. The largest absolute Gasteiger partial charge is 0.298 e. The molecule has 2 aromatic carbocycles. The lowest BCUT2D eigenvalue weighted by Crippen LogP contribution is -2.46. The van der Waals surface area contributed by atoms with Crippen molar-refractivity contribution in [3.63, 3.8) is 0 Å². The van der Waals surface area contributed by atoms with Gasteiger partial charge in [-0.15, -0.1) is 0 Å². The molecule has 23 heavy (non-hydrogen) atoms. The van der Waals surface area contributed by atoms with E-state index in [4.69, 9.17) is 11.6 Å². The Morgan fingerprint density at radius 2 is 1.61 bits per heavy atom. The van der Waals surface area contributed by atoms with E-state index < -0.39 is 0 Å². The lowest BCUT2D eigenvalue weighted by molar-refractivity contribution is 0.0894. The fourth-order valence-electron chi connectivity index (χ4n) is 3.11. The van der Waals surface area contributed by atoms with Gasteiger partial charge in [-0.3, -0.25) is 9.80 Å². The molecule has 1 fully saturated rings. The van der Waals surface area contributed by atoms with Crippen LogP contribution in [0.3, 0.4) is 0 Å². The number of hydrogen-bond acceptors (Lipinski definition) is 2. The quantitative estimate of drug-likeness (QED) is 0.838. The van der Waals surface area contributed by atoms with Crippen LogP contribution in [0.2, 0.25) is 5.02 Å². The Balaban J connectivity index is 1.74. The lowest BCUT2D eigenvalue weighted by Gasteiger charge is -2.34. The zero-order valence-electron chi connectivity index (χ0n) is 13.2. The zero-order valence-corrected chi connectivity index (χ0v) is 14.0. The van der Waals surface area contributed by atoms with Crippen LogP contribution < -0.4 is 0 Å². The SMILES string of the molecule is [O]CCN1CCN(Cc2ccc(Cl)cc2-c2ccccc2)CC1. The molecule has 3 rings (SSSR count). The summed E-state index contributed by atoms with van der Waals surface area (Å²) in [5.74, 6) is 0. The van der Waals surface area contributed by atoms with E-state index in [0.717, 1.165) is 37.7 Å². The van der Waals surface area contributed by atoms with Crippen molar-refractivity contribution in [2.24, 2.45) is 0 Å². The molecule has 0 atom stereocenters. The summed E-state index contributed by atoms with van der Waals surface area (Å²) in [7, 11) is 0. The Labute approximate surface area is 143 Å². The molecule has 0 aromatic heterocycles. The summed E-state index contributed by atoms with van der Waals surface area (Å²) in [6, 6.07) is 16.6. The van der Waals surface area contributed by atoms with Crippen LogP contribution in [0.25, 0.3) is 11.1 Å². The van der Waals surface area contributed by atoms with Gasteiger partial charge in [-0.05, 0) is 28.8 Å². The summed E-state index contributed by atoms with van der Waals surface area (Å²) in [4.78, 5) is 4.71. The van der Waals surface area contributed by atoms with Crippen molar-refractivity contribution in [3.05, 3.63) is 59.1 Å². The van der Waals surface area contributed by atoms with Gasteiger partial charge in [0, 0.05) is 44.3 Å². The molecule has 0 saturated carbocycles. The second kappa shape index (κ2) is 7.93. The minimum Gasteiger partial charge on any atom is -0.298 e. The number of benzene rings is 2. The number of hydrogen-bond donors (Lipinski definition) is 0. The van der Waals surface area contributed by atoms with Gasteiger partial charge in [0.2, 0.25) is 0 Å². The Morgan fingerprint density at radius 3 is 2.30 bits per heavy atom. The standard InChI is InChI=1S/C19H22ClN2O/c20-18-7-6-17(19(14-18)16-4-2-1-3-5-16)15-22-10-8-21(9-11-22)12-13-23/h1-7,14H,8-13,15H2. The topological polar surface area (TPSA) is 26.4 Å². The molecule has 1 aliphatic rings. The Morgan fingerprint density at radius 1 is 0.913 bits per heavy atom. The molecular formula is C19H22ClN2O. The van der Waals surface area contributed by atoms with E-state index in [0.29, 0.717) is 6.54 Å². The Bertz CT molecular complexity index is 625. The molecule has 0 N–H and O–H groups in total. The summed E-state index contributed by atoms with van der Waals surface area (Å²) >= 11 is 6.21. The van der Waals surface area contributed by atoms with Crippen LogP contribution in [-0.4, -0.2) is 49.1 Å². The van der Waals surface area contributed by atoms with E-state index in [-0.39, 0.29) is 6.61 Å². The monoisotopic (exact) mass is 329 g/mol. The second-order valence-corrected chi connectivity index (χ2v) is 6.43. The fraction of sp³-hybridized carbons (Fsp3) is 0.368. The first-order valence-corrected chi connectivity index (χ1v) is 8.51. The maximum Gasteiger partial charge on any atom is 0.0949 e. The maximum absolute atomic E-state index is 10.7. The highest BCUT2D eigenvalue weighted by atomic mass is 35.5. The lowest BCUT2D eigenvalue weighted by atomic mass is 9.99. The molecule has 0 amide bonds. The van der Waals surface area contributed by atoms with Gasteiger partial charge in [-0.1, -0.05) is 48.0 Å². The van der Waals surface area contributed by atoms with Crippen molar-refractivity contribution >= 4 is 11.6 Å². The molecule has 0 bridgehead atoms. The molecule has 0 aliphatic carbocycles. The normalized spacial score (nSPS) is 16.6. The van der Waals surface area contributed by atoms with Crippen LogP contribution in [0, 0.1) is 0 Å². The van der Waals surface area contributed by atoms with Crippen LogP contribution >= 0.6 is 11.6 Å². The van der Waals surface area contributed by atoms with E-state index in [2.05, 4.69) is 46.2 Å². The van der Waals surface area contributed by atoms with Crippen LogP contribution in [0.4, 0.5) is 0 Å². The van der Waals surface area contributed by atoms with Gasteiger partial charge in [0.1, 0.15) is 0 Å². The zero-order chi connectivity index (χ0) is 16.1. The predicted octanol–water partition coefficient (Wildman–Crippen LogP) is 3.56. The average Bonchev–Trinajstić information content (AvgIpc) is 2.59. The van der Waals surface area contributed by atoms with Crippen molar-refractivity contribution in [2.75, 3.05) is 39.3 Å². The highest BCUT2D eigenvalue weighted by Crippen LogP contribution is 2.28. The summed E-state index contributed by atoms with van der Waals surface area (Å²) in [5, 5.41) is 11.5. The first kappa shape index (κ1) is 16.5. The van der Waals surface area contributed by atoms with Crippen LogP contribution in [-0.2, 0) is 11.7 Å². The highest BCUT2D eigenvalue weighted by Gasteiger charge is 2.18. The van der Waals surface area contributed by atoms with Gasteiger partial charge in [-0.2, -0.15) is 0 Å². The third kappa shape index (κ3) is 4.33. The van der Waals surface area contributed by atoms with Gasteiger partial charge in [0.05, 0.1) is 6.61 Å². The van der Waals surface area contributed by atoms with Gasteiger partial charge in [-0.25, -0.2) is 5.11 Å². The van der Waals surface area contributed by atoms with Crippen LogP contribution in [0.5, 0.6) is 0 Å². The summed E-state index contributed by atoms with van der Waals surface area (Å²) in [6.07, 6.45) is 0. The number of halogens is 1. The van der Waals surface area contributed by atoms with Gasteiger partial charge >= 0.3 is 0 Å². The minimum absolute atomic E-state index is 0.00462. The van der Waals surface area contributed by atoms with Crippen molar-refractivity contribution in [3.8, 4) is 11.1 Å². The van der Waals surface area contributed by atoms with Crippen molar-refractivity contribution in [1.82, 2.24) is 9.80 Å². The van der Waals surface area contributed by atoms with Crippen molar-refractivity contribution in [1.29, 1.82) is 0 Å². The molecule has 0 unspecified atom stereocenters. The minimum atomic E-state index is -0.00462. The number of rotatable bonds is 5. The Hall–Kier alpha value is -1.39. The molecule has 3 nitrogen and oxygen atoms in total. The highest BCUT2D eigenvalue weighted by molar-refractivity contribution is 6.30. The fourth-order valence-corrected chi connectivity index (χ4v) is 3.29. The molecule has 1 aliphatic heterocycles. The van der Waals surface area contributed by atoms with Crippen molar-refractivity contribution < 1.29 is 5.11 Å². The molecule has 1 radical (unpaired) electrons. The third-order valence-corrected chi connectivity index (χ3v) is 4.66. The van der Waals surface area contributed by atoms with Gasteiger partial charge in [0.15, 0.2) is 0 Å². The molecule has 4 heteroatoms. The smallest absolute Gasteiger partial charge is 0.0949 e. The Kier molecular flexibility index (Phi) is 5.68. The van der Waals surface area contributed by atoms with E-state index in [1.165, 1.54) is 16.7 Å². The first-order valence-electron chi connectivity index (χ1n) is 8.13. The van der Waals surface area contributed by atoms with Crippen molar-refractivity contribution in [2.45, 2.75) is 6.54 Å². The molecule has 0 spiro atoms. The van der Waals surface area contributed by atoms with Crippen LogP contribution in [0.15, 0.2) is 48.5 Å². The number of nitrogens with zero attached hydrogens (tertiary/aromatic N) is 2. The average molecular weight is 330 g/mol. The van der Waals surface area contributed by atoms with Gasteiger partial charge < -0.3 is 0 Å². The molecule has 1 saturated heterocycles. The van der Waals surface area contributed by atoms with E-state index >= 15 is 0 Å². The summed E-state index contributed by atoms with van der Waals surface area (Å²) in [5.41, 5.74) is 3.72. The summed E-state index contributed by atoms with van der Waals surface area (Å²) < 4.78 is 0. The van der Waals surface area contributed by atoms with E-state index in [1.807, 2.05) is 12.1 Å². The van der Waals surface area contributed by atoms with E-state index in [1.54, 1.807) is 0 Å². The molecule has 121 valence electrons. The first-order chi connectivity index (χ1) is 11.3. The second-order valence-electron chi connectivity index (χ2n) is 5.99. The molecule has 1 heterocycles. The van der Waals surface area contributed by atoms with Crippen LogP contribution in [0.1, 0.15) is 5.56 Å².